The minimum absolute atomic E-state index is 0.0436. The van der Waals surface area contributed by atoms with Crippen molar-refractivity contribution in [1.29, 1.82) is 0 Å². The Labute approximate surface area is 165 Å². The standard InChI is InChI=1S/C19H23F4N3O3/c1-9-6-10(20)13(19(21,22)23)24-14(9)25-15(27)11-7-18(5)8-12(18)26(11)16(28)29-17(2,3)4/h6,11-12H,7-8H2,1-5H3,(H,24,25,27)/t11-,12+,18-/m0/s1. The van der Waals surface area contributed by atoms with Crippen LogP contribution in [0.5, 0.6) is 0 Å². The maximum atomic E-state index is 13.6. The summed E-state index contributed by atoms with van der Waals surface area (Å²) in [7, 11) is 0. The van der Waals surface area contributed by atoms with Gasteiger partial charge in [0, 0.05) is 6.04 Å². The number of carbonyl (C=O) groups is 2. The van der Waals surface area contributed by atoms with Crippen molar-refractivity contribution in [2.45, 2.75) is 71.3 Å². The van der Waals surface area contributed by atoms with Crippen LogP contribution in [0.25, 0.3) is 0 Å². The van der Waals surface area contributed by atoms with Gasteiger partial charge in [0.15, 0.2) is 11.5 Å². The van der Waals surface area contributed by atoms with Crippen LogP contribution in [-0.4, -0.2) is 39.6 Å². The highest BCUT2D eigenvalue weighted by Gasteiger charge is 2.65. The number of likely N-dealkylation sites (tertiary alicyclic amines) is 1. The van der Waals surface area contributed by atoms with Crippen molar-refractivity contribution in [2.75, 3.05) is 5.32 Å². The van der Waals surface area contributed by atoms with Crippen LogP contribution in [0, 0.1) is 18.2 Å². The zero-order chi connectivity index (χ0) is 21.9. The SMILES string of the molecule is Cc1cc(F)c(C(F)(F)F)nc1NC(=O)[C@@H]1C[C@@]2(C)C[C@H]2N1C(=O)OC(C)(C)C. The number of amides is 2. The Bertz CT molecular complexity index is 865. The third kappa shape index (κ3) is 4.16. The highest BCUT2D eigenvalue weighted by molar-refractivity contribution is 5.97. The number of fused-ring (bicyclic) bond motifs is 1. The summed E-state index contributed by atoms with van der Waals surface area (Å²) >= 11 is 0. The number of carbonyl (C=O) groups excluding carboxylic acids is 2. The van der Waals surface area contributed by atoms with Crippen LogP contribution in [-0.2, 0) is 15.7 Å². The third-order valence-corrected chi connectivity index (χ3v) is 5.22. The number of nitrogens with one attached hydrogen (secondary N) is 1. The number of halogens is 4. The lowest BCUT2D eigenvalue weighted by molar-refractivity contribution is -0.143. The Balaban J connectivity index is 1.84. The lowest BCUT2D eigenvalue weighted by Gasteiger charge is -2.29. The first-order valence-electron chi connectivity index (χ1n) is 9.19. The topological polar surface area (TPSA) is 71.5 Å². The lowest BCUT2D eigenvalue weighted by atomic mass is 10.0. The first-order chi connectivity index (χ1) is 13.1. The molecule has 2 aliphatic rings. The molecule has 160 valence electrons. The smallest absolute Gasteiger partial charge is 0.436 e. The molecule has 1 aliphatic carbocycles. The molecule has 2 amide bonds. The highest BCUT2D eigenvalue weighted by atomic mass is 19.4. The van der Waals surface area contributed by atoms with Gasteiger partial charge in [-0.05, 0) is 57.6 Å². The maximum absolute atomic E-state index is 13.6. The Morgan fingerprint density at radius 3 is 2.45 bits per heavy atom. The molecule has 10 heteroatoms. The van der Waals surface area contributed by atoms with Gasteiger partial charge in [0.05, 0.1) is 0 Å². The highest BCUT2D eigenvalue weighted by Crippen LogP contribution is 2.59. The molecule has 1 aromatic rings. The first kappa shape index (κ1) is 21.3. The Kier molecular flexibility index (Phi) is 4.83. The van der Waals surface area contributed by atoms with E-state index in [1.54, 1.807) is 20.8 Å². The van der Waals surface area contributed by atoms with Gasteiger partial charge in [0.1, 0.15) is 17.5 Å². The molecular formula is C19H23F4N3O3. The molecule has 3 atom stereocenters. The number of aryl methyl sites for hydroxylation is 1. The van der Waals surface area contributed by atoms with Gasteiger partial charge < -0.3 is 10.1 Å². The van der Waals surface area contributed by atoms with Gasteiger partial charge in [-0.15, -0.1) is 0 Å². The van der Waals surface area contributed by atoms with Crippen LogP contribution in [0.3, 0.4) is 0 Å². The van der Waals surface area contributed by atoms with E-state index >= 15 is 0 Å². The molecule has 1 N–H and O–H groups in total. The van der Waals surface area contributed by atoms with Gasteiger partial charge in [-0.2, -0.15) is 13.2 Å². The lowest BCUT2D eigenvalue weighted by Crippen LogP contribution is -2.47. The number of nitrogens with zero attached hydrogens (tertiary/aromatic N) is 2. The number of pyridine rings is 1. The predicted molar refractivity (Wildman–Crippen MR) is 95.6 cm³/mol. The monoisotopic (exact) mass is 417 g/mol. The van der Waals surface area contributed by atoms with Crippen molar-refractivity contribution >= 4 is 17.8 Å². The van der Waals surface area contributed by atoms with Crippen LogP contribution in [0.1, 0.15) is 51.8 Å². The van der Waals surface area contributed by atoms with E-state index in [9.17, 15) is 27.2 Å². The summed E-state index contributed by atoms with van der Waals surface area (Å²) in [6, 6.07) is -0.403. The molecule has 1 saturated heterocycles. The van der Waals surface area contributed by atoms with Gasteiger partial charge in [-0.1, -0.05) is 6.92 Å². The van der Waals surface area contributed by atoms with E-state index in [2.05, 4.69) is 10.3 Å². The molecule has 6 nitrogen and oxygen atoms in total. The van der Waals surface area contributed by atoms with E-state index < -0.39 is 47.1 Å². The Morgan fingerprint density at radius 1 is 1.28 bits per heavy atom. The molecular weight excluding hydrogens is 394 g/mol. The molecule has 0 radical (unpaired) electrons. The molecule has 2 fully saturated rings. The molecule has 1 saturated carbocycles. The van der Waals surface area contributed by atoms with E-state index in [1.807, 2.05) is 6.92 Å². The summed E-state index contributed by atoms with van der Waals surface area (Å²) in [4.78, 5) is 30.1. The average Bonchev–Trinajstić information content (AvgIpc) is 3.07. The fraction of sp³-hybridized carbons (Fsp3) is 0.632. The van der Waals surface area contributed by atoms with Gasteiger partial charge in [-0.3, -0.25) is 9.69 Å². The number of piperidine rings is 1. The molecule has 0 aromatic carbocycles. The first-order valence-corrected chi connectivity index (χ1v) is 9.19. The number of hydrogen-bond acceptors (Lipinski definition) is 4. The van der Waals surface area contributed by atoms with E-state index in [0.29, 0.717) is 12.5 Å². The zero-order valence-corrected chi connectivity index (χ0v) is 16.8. The van der Waals surface area contributed by atoms with Crippen molar-refractivity contribution in [3.63, 3.8) is 0 Å². The number of aromatic nitrogens is 1. The van der Waals surface area contributed by atoms with Crippen molar-refractivity contribution in [3.8, 4) is 0 Å². The normalized spacial score (nSPS) is 26.2. The third-order valence-electron chi connectivity index (χ3n) is 5.22. The molecule has 0 spiro atoms. The van der Waals surface area contributed by atoms with Crippen molar-refractivity contribution in [2.24, 2.45) is 5.41 Å². The van der Waals surface area contributed by atoms with Crippen LogP contribution in [0.15, 0.2) is 6.07 Å². The Hall–Kier alpha value is -2.39. The summed E-state index contributed by atoms with van der Waals surface area (Å²) < 4.78 is 57.9. The van der Waals surface area contributed by atoms with Crippen molar-refractivity contribution < 1.29 is 31.9 Å². The van der Waals surface area contributed by atoms with Gasteiger partial charge >= 0.3 is 12.3 Å². The second-order valence-electron chi connectivity index (χ2n) is 8.95. The maximum Gasteiger partial charge on any atom is 0.436 e. The van der Waals surface area contributed by atoms with Gasteiger partial charge in [-0.25, -0.2) is 14.2 Å². The quantitative estimate of drug-likeness (QED) is 0.730. The molecule has 3 rings (SSSR count). The Morgan fingerprint density at radius 2 is 1.90 bits per heavy atom. The van der Waals surface area contributed by atoms with Crippen LogP contribution < -0.4 is 5.32 Å². The molecule has 0 bridgehead atoms. The van der Waals surface area contributed by atoms with E-state index in [4.69, 9.17) is 4.74 Å². The van der Waals surface area contributed by atoms with Gasteiger partial charge in [0.25, 0.3) is 0 Å². The van der Waals surface area contributed by atoms with Crippen molar-refractivity contribution in [1.82, 2.24) is 9.88 Å². The fourth-order valence-electron chi connectivity index (χ4n) is 3.69. The fourth-order valence-corrected chi connectivity index (χ4v) is 3.69. The van der Waals surface area contributed by atoms with E-state index in [0.717, 1.165) is 6.42 Å². The van der Waals surface area contributed by atoms with Crippen LogP contribution >= 0.6 is 0 Å². The molecule has 1 aliphatic heterocycles. The number of ether oxygens (including phenoxy) is 1. The molecule has 2 heterocycles. The molecule has 0 unspecified atom stereocenters. The number of anilines is 1. The average molecular weight is 417 g/mol. The minimum Gasteiger partial charge on any atom is -0.444 e. The summed E-state index contributed by atoms with van der Waals surface area (Å²) in [6.45, 7) is 8.38. The van der Waals surface area contributed by atoms with Crippen molar-refractivity contribution in [3.05, 3.63) is 23.1 Å². The summed E-state index contributed by atoms with van der Waals surface area (Å²) in [5, 5.41) is 2.33. The molecule has 29 heavy (non-hydrogen) atoms. The van der Waals surface area contributed by atoms with E-state index in [-0.39, 0.29) is 17.0 Å². The largest absolute Gasteiger partial charge is 0.444 e. The number of alkyl halides is 3. The summed E-state index contributed by atoms with van der Waals surface area (Å²) in [6.07, 6.45) is -4.57. The second kappa shape index (κ2) is 6.56. The van der Waals surface area contributed by atoms with Gasteiger partial charge in [0.2, 0.25) is 5.91 Å². The zero-order valence-electron chi connectivity index (χ0n) is 16.8. The minimum atomic E-state index is -5.00. The van der Waals surface area contributed by atoms with Crippen LogP contribution in [0.4, 0.5) is 28.2 Å². The summed E-state index contributed by atoms with van der Waals surface area (Å²) in [5.41, 5.74) is -2.66. The predicted octanol–water partition coefficient (Wildman–Crippen LogP) is 4.27. The summed E-state index contributed by atoms with van der Waals surface area (Å²) in [5.74, 6) is -2.59. The molecule has 1 aromatic heterocycles. The number of rotatable bonds is 2. The number of hydrogen-bond donors (Lipinski definition) is 1. The second-order valence-corrected chi connectivity index (χ2v) is 8.95. The van der Waals surface area contributed by atoms with Crippen LogP contribution in [0.2, 0.25) is 0 Å². The van der Waals surface area contributed by atoms with E-state index in [1.165, 1.54) is 11.8 Å².